The number of terminal acetylenes is 1. The Morgan fingerprint density at radius 2 is 2.15 bits per heavy atom. The van der Waals surface area contributed by atoms with Gasteiger partial charge >= 0.3 is 0 Å². The number of aromatic hydroxyl groups is 1. The summed E-state index contributed by atoms with van der Waals surface area (Å²) in [7, 11) is 0. The molecule has 1 aromatic carbocycles. The van der Waals surface area contributed by atoms with Crippen molar-refractivity contribution in [1.29, 1.82) is 0 Å². The minimum Gasteiger partial charge on any atom is -0.507 e. The van der Waals surface area contributed by atoms with Crippen molar-refractivity contribution >= 4 is 5.69 Å². The van der Waals surface area contributed by atoms with Gasteiger partial charge in [0.05, 0.1) is 5.69 Å². The van der Waals surface area contributed by atoms with Crippen LogP contribution in [0.25, 0.3) is 0 Å². The van der Waals surface area contributed by atoms with Crippen LogP contribution < -0.4 is 5.48 Å². The Morgan fingerprint density at radius 3 is 2.77 bits per heavy atom. The van der Waals surface area contributed by atoms with Crippen LogP contribution in [0, 0.1) is 26.4 Å². The second kappa shape index (κ2) is 3.72. The summed E-state index contributed by atoms with van der Waals surface area (Å²) >= 11 is 0. The Bertz CT molecular complexity index is 353. The molecule has 0 fully saturated rings. The van der Waals surface area contributed by atoms with Crippen molar-refractivity contribution in [3.8, 4) is 18.3 Å². The molecular weight excluding hydrogens is 166 g/mol. The summed E-state index contributed by atoms with van der Waals surface area (Å²) < 4.78 is 0. The highest BCUT2D eigenvalue weighted by Crippen LogP contribution is 2.27. The predicted molar refractivity (Wildman–Crippen MR) is 51.1 cm³/mol. The van der Waals surface area contributed by atoms with Crippen LogP contribution in [0.5, 0.6) is 5.75 Å². The molecule has 68 valence electrons. The van der Waals surface area contributed by atoms with Crippen molar-refractivity contribution in [2.24, 2.45) is 0 Å². The first-order valence-electron chi connectivity index (χ1n) is 3.83. The number of rotatable bonds is 2. The van der Waals surface area contributed by atoms with Gasteiger partial charge in [-0.2, -0.15) is 0 Å². The number of hydrogen-bond donors (Lipinski definition) is 2. The molecule has 0 spiro atoms. The van der Waals surface area contributed by atoms with E-state index in [9.17, 15) is 5.11 Å². The van der Waals surface area contributed by atoms with Gasteiger partial charge in [-0.05, 0) is 25.5 Å². The second-order valence-electron chi connectivity index (χ2n) is 2.73. The van der Waals surface area contributed by atoms with Crippen molar-refractivity contribution in [2.75, 3.05) is 5.48 Å². The minimum absolute atomic E-state index is 0.255. The van der Waals surface area contributed by atoms with Crippen molar-refractivity contribution in [3.05, 3.63) is 23.3 Å². The zero-order valence-corrected chi connectivity index (χ0v) is 7.59. The molecule has 0 aliphatic carbocycles. The van der Waals surface area contributed by atoms with E-state index in [1.807, 2.05) is 13.0 Å². The zero-order chi connectivity index (χ0) is 9.84. The number of phenolic OH excluding ortho intramolecular Hbond substituents is 1. The fraction of sp³-hybridized carbons (Fsp3) is 0.200. The lowest BCUT2D eigenvalue weighted by Crippen LogP contribution is -1.97. The van der Waals surface area contributed by atoms with E-state index < -0.39 is 0 Å². The number of hydrogen-bond acceptors (Lipinski definition) is 3. The molecule has 0 amide bonds. The number of anilines is 1. The van der Waals surface area contributed by atoms with Crippen LogP contribution in [-0.4, -0.2) is 5.11 Å². The molecule has 3 nitrogen and oxygen atoms in total. The van der Waals surface area contributed by atoms with Crippen LogP contribution in [0.4, 0.5) is 5.69 Å². The second-order valence-corrected chi connectivity index (χ2v) is 2.73. The molecule has 3 heteroatoms. The fourth-order valence-electron chi connectivity index (χ4n) is 1.03. The van der Waals surface area contributed by atoms with Crippen LogP contribution in [0.2, 0.25) is 0 Å². The molecule has 1 rings (SSSR count). The van der Waals surface area contributed by atoms with Crippen molar-refractivity contribution in [3.63, 3.8) is 0 Å². The van der Waals surface area contributed by atoms with Gasteiger partial charge in [0.15, 0.2) is 0 Å². The highest BCUT2D eigenvalue weighted by atomic mass is 16.6. The molecule has 0 bridgehead atoms. The van der Waals surface area contributed by atoms with Gasteiger partial charge in [-0.3, -0.25) is 0 Å². The van der Waals surface area contributed by atoms with Crippen molar-refractivity contribution in [1.82, 2.24) is 0 Å². The van der Waals surface area contributed by atoms with Gasteiger partial charge in [0.25, 0.3) is 0 Å². The number of phenols is 1. The van der Waals surface area contributed by atoms with Gasteiger partial charge in [0.2, 0.25) is 0 Å². The maximum Gasteiger partial charge on any atom is 0.142 e. The average Bonchev–Trinajstić information content (AvgIpc) is 2.13. The van der Waals surface area contributed by atoms with Crippen LogP contribution in [0.3, 0.4) is 0 Å². The molecule has 0 aliphatic rings. The van der Waals surface area contributed by atoms with E-state index in [2.05, 4.69) is 10.3 Å². The van der Waals surface area contributed by atoms with Gasteiger partial charge in [-0.1, -0.05) is 12.5 Å². The largest absolute Gasteiger partial charge is 0.507 e. The first-order chi connectivity index (χ1) is 6.16. The maximum atomic E-state index is 9.54. The third kappa shape index (κ3) is 1.85. The third-order valence-electron chi connectivity index (χ3n) is 1.85. The summed E-state index contributed by atoms with van der Waals surface area (Å²) in [5, 5.41) is 9.54. The molecule has 13 heavy (non-hydrogen) atoms. The third-order valence-corrected chi connectivity index (χ3v) is 1.85. The van der Waals surface area contributed by atoms with Gasteiger partial charge in [-0.15, -0.1) is 0 Å². The van der Waals surface area contributed by atoms with Crippen LogP contribution in [0.1, 0.15) is 11.1 Å². The Hall–Kier alpha value is -1.82. The van der Waals surface area contributed by atoms with Gasteiger partial charge in [-0.25, -0.2) is 5.48 Å². The van der Waals surface area contributed by atoms with E-state index in [1.54, 1.807) is 19.1 Å². The molecular formula is C10H11NO2. The molecule has 0 aliphatic heterocycles. The smallest absolute Gasteiger partial charge is 0.142 e. The summed E-state index contributed by atoms with van der Waals surface area (Å²) in [6, 6.07) is 3.58. The monoisotopic (exact) mass is 177 g/mol. The number of aryl methyl sites for hydroxylation is 1. The molecule has 0 saturated carbocycles. The van der Waals surface area contributed by atoms with Crippen LogP contribution in [-0.2, 0) is 4.84 Å². The lowest BCUT2D eigenvalue weighted by atomic mass is 10.1. The summed E-state index contributed by atoms with van der Waals surface area (Å²) in [5.41, 5.74) is 4.74. The van der Waals surface area contributed by atoms with E-state index >= 15 is 0 Å². The molecule has 0 unspecified atom stereocenters. The van der Waals surface area contributed by atoms with Gasteiger partial charge < -0.3 is 9.94 Å². The summed E-state index contributed by atoms with van der Waals surface area (Å²) in [6.45, 7) is 3.61. The van der Waals surface area contributed by atoms with E-state index in [0.717, 1.165) is 11.1 Å². The van der Waals surface area contributed by atoms with Crippen molar-refractivity contribution < 1.29 is 9.94 Å². The molecule has 1 aromatic rings. The Labute approximate surface area is 77.3 Å². The molecule has 0 heterocycles. The van der Waals surface area contributed by atoms with Gasteiger partial charge in [0.1, 0.15) is 11.9 Å². The van der Waals surface area contributed by atoms with Crippen molar-refractivity contribution in [2.45, 2.75) is 13.8 Å². The minimum atomic E-state index is 0.255. The Kier molecular flexibility index (Phi) is 2.65. The summed E-state index contributed by atoms with van der Waals surface area (Å²) in [6.07, 6.45) is 6.88. The van der Waals surface area contributed by atoms with E-state index in [1.165, 1.54) is 0 Å². The Balaban J connectivity index is 2.98. The normalized spacial score (nSPS) is 9.00. The molecule has 0 radical (unpaired) electrons. The summed E-state index contributed by atoms with van der Waals surface area (Å²) in [5.74, 6) is 0.255. The zero-order valence-electron chi connectivity index (χ0n) is 7.59. The highest BCUT2D eigenvalue weighted by molar-refractivity contribution is 5.57. The topological polar surface area (TPSA) is 41.5 Å². The quantitative estimate of drug-likeness (QED) is 0.536. The van der Waals surface area contributed by atoms with Crippen LogP contribution in [0.15, 0.2) is 12.1 Å². The lowest BCUT2D eigenvalue weighted by molar-refractivity contribution is 0.362. The predicted octanol–water partition coefficient (Wildman–Crippen LogP) is 1.94. The first kappa shape index (κ1) is 9.27. The highest BCUT2D eigenvalue weighted by Gasteiger charge is 2.05. The molecule has 2 N–H and O–H groups in total. The molecule has 0 saturated heterocycles. The van der Waals surface area contributed by atoms with E-state index in [4.69, 9.17) is 6.42 Å². The lowest BCUT2D eigenvalue weighted by Gasteiger charge is -2.09. The van der Waals surface area contributed by atoms with E-state index in [-0.39, 0.29) is 5.75 Å². The molecule has 0 atom stereocenters. The van der Waals surface area contributed by atoms with E-state index in [0.29, 0.717) is 5.69 Å². The molecule has 0 aromatic heterocycles. The fourth-order valence-corrected chi connectivity index (χ4v) is 1.03. The van der Waals surface area contributed by atoms with Gasteiger partial charge in [0, 0.05) is 5.56 Å². The summed E-state index contributed by atoms with van der Waals surface area (Å²) in [4.78, 5) is 4.56. The SMILES string of the molecule is C#CONc1ccc(C)c(O)c1C. The van der Waals surface area contributed by atoms with Crippen LogP contribution >= 0.6 is 0 Å². The number of nitrogens with one attached hydrogen (secondary N) is 1. The number of benzene rings is 1. The first-order valence-corrected chi connectivity index (χ1v) is 3.83. The standard InChI is InChI=1S/C10H11NO2/c1-4-13-11-9-6-5-7(2)10(12)8(9)3/h1,5-6,11-12H,2-3H3. The maximum absolute atomic E-state index is 9.54. The average molecular weight is 177 g/mol. The Morgan fingerprint density at radius 1 is 1.46 bits per heavy atom.